The highest BCUT2D eigenvalue weighted by atomic mass is 31.2. The van der Waals surface area contributed by atoms with Crippen LogP contribution in [0.5, 0.6) is 0 Å². The largest absolute Gasteiger partial charge is 0.334 e. The predicted octanol–water partition coefficient (Wildman–Crippen LogP) is 5.56. The van der Waals surface area contributed by atoms with Gasteiger partial charge in [0.1, 0.15) is 0 Å². The van der Waals surface area contributed by atoms with Crippen molar-refractivity contribution in [3.8, 4) is 11.1 Å². The van der Waals surface area contributed by atoms with Gasteiger partial charge in [0.2, 0.25) is 0 Å². The Hall–Kier alpha value is -2.85. The highest BCUT2D eigenvalue weighted by molar-refractivity contribution is 7.52. The van der Waals surface area contributed by atoms with Crippen molar-refractivity contribution >= 4 is 19.5 Å². The molecule has 2 aromatic carbocycles. The number of allylic oxidation sites excluding steroid dienone is 1. The fourth-order valence-corrected chi connectivity index (χ4v) is 4.12. The molecular weight excluding hydrogens is 397 g/mol. The molecule has 5 nitrogen and oxygen atoms in total. The second kappa shape index (κ2) is 10.3. The van der Waals surface area contributed by atoms with Crippen LogP contribution in [0, 0.1) is 0 Å². The van der Waals surface area contributed by atoms with Gasteiger partial charge in [-0.1, -0.05) is 54.6 Å². The van der Waals surface area contributed by atoms with Gasteiger partial charge in [0.15, 0.2) is 5.78 Å². The zero-order chi connectivity index (χ0) is 21.4. The number of hydrogen-bond donors (Lipinski definition) is 0. The Bertz CT molecular complexity index is 1050. The van der Waals surface area contributed by atoms with E-state index >= 15 is 0 Å². The van der Waals surface area contributed by atoms with Crippen molar-refractivity contribution in [1.82, 2.24) is 4.98 Å². The first kappa shape index (κ1) is 21.8. The maximum atomic E-state index is 12.4. The Balaban J connectivity index is 1.67. The van der Waals surface area contributed by atoms with Crippen molar-refractivity contribution in [2.24, 2.45) is 0 Å². The Morgan fingerprint density at radius 1 is 0.967 bits per heavy atom. The Morgan fingerprint density at radius 2 is 1.63 bits per heavy atom. The molecule has 0 aliphatic rings. The molecule has 0 N–H and O–H groups in total. The molecule has 0 fully saturated rings. The van der Waals surface area contributed by atoms with E-state index in [4.69, 9.17) is 9.05 Å². The number of pyridine rings is 1. The lowest BCUT2D eigenvalue weighted by molar-refractivity contribution is -0.113. The number of carbonyl (C=O) groups is 1. The van der Waals surface area contributed by atoms with Crippen molar-refractivity contribution in [3.63, 3.8) is 0 Å². The number of rotatable bonds is 9. The molecule has 3 aromatic rings. The van der Waals surface area contributed by atoms with Crippen LogP contribution in [0.3, 0.4) is 0 Å². The average molecular weight is 421 g/mol. The summed E-state index contributed by atoms with van der Waals surface area (Å²) < 4.78 is 22.2. The quantitative estimate of drug-likeness (QED) is 0.334. The first-order valence-corrected chi connectivity index (χ1v) is 11.2. The molecular formula is C24H24NO4P. The van der Waals surface area contributed by atoms with Gasteiger partial charge in [-0.15, -0.1) is 0 Å². The number of benzene rings is 2. The average Bonchev–Trinajstić information content (AvgIpc) is 2.79. The van der Waals surface area contributed by atoms with E-state index in [1.807, 2.05) is 60.7 Å². The van der Waals surface area contributed by atoms with E-state index in [1.165, 1.54) is 14.2 Å². The maximum absolute atomic E-state index is 12.4. The number of aromatic nitrogens is 1. The molecule has 6 heteroatoms. The van der Waals surface area contributed by atoms with Gasteiger partial charge in [-0.2, -0.15) is 0 Å². The van der Waals surface area contributed by atoms with Gasteiger partial charge in [-0.05, 0) is 40.5 Å². The molecule has 0 atom stereocenters. The summed E-state index contributed by atoms with van der Waals surface area (Å²) in [7, 11) is -0.364. The van der Waals surface area contributed by atoms with E-state index in [9.17, 15) is 9.36 Å². The fraction of sp³-hybridized carbons (Fsp3) is 0.167. The van der Waals surface area contributed by atoms with Crippen LogP contribution in [-0.4, -0.2) is 25.0 Å². The van der Waals surface area contributed by atoms with Crippen LogP contribution >= 0.6 is 7.60 Å². The molecule has 0 spiro atoms. The molecule has 0 unspecified atom stereocenters. The van der Waals surface area contributed by atoms with Gasteiger partial charge < -0.3 is 9.05 Å². The van der Waals surface area contributed by atoms with Crippen LogP contribution in [0.4, 0.5) is 0 Å². The summed E-state index contributed by atoms with van der Waals surface area (Å²) in [6, 6.07) is 19.3. The van der Waals surface area contributed by atoms with Crippen LogP contribution in [0.15, 0.2) is 79.1 Å². The lowest BCUT2D eigenvalue weighted by atomic mass is 10.0. The minimum Gasteiger partial charge on any atom is -0.312 e. The molecule has 3 rings (SSSR count). The third kappa shape index (κ3) is 5.83. The minimum atomic E-state index is -3.10. The van der Waals surface area contributed by atoms with E-state index in [0.29, 0.717) is 0 Å². The Kier molecular flexibility index (Phi) is 7.47. The third-order valence-corrected chi connectivity index (χ3v) is 6.58. The summed E-state index contributed by atoms with van der Waals surface area (Å²) in [5.41, 5.74) is 4.71. The first-order chi connectivity index (χ1) is 14.5. The summed E-state index contributed by atoms with van der Waals surface area (Å²) in [5, 5.41) is 0. The summed E-state index contributed by atoms with van der Waals surface area (Å²) in [5.74, 6) is -0.00919. The third-order valence-electron chi connectivity index (χ3n) is 4.72. The van der Waals surface area contributed by atoms with E-state index in [1.54, 1.807) is 24.5 Å². The van der Waals surface area contributed by atoms with Crippen molar-refractivity contribution in [1.29, 1.82) is 0 Å². The van der Waals surface area contributed by atoms with E-state index in [2.05, 4.69) is 4.98 Å². The van der Waals surface area contributed by atoms with Gasteiger partial charge in [0.05, 0.1) is 6.16 Å². The van der Waals surface area contributed by atoms with Crippen LogP contribution in [0.2, 0.25) is 0 Å². The molecule has 1 aromatic heterocycles. The van der Waals surface area contributed by atoms with Gasteiger partial charge >= 0.3 is 7.60 Å². The lowest BCUT2D eigenvalue weighted by Gasteiger charge is -2.13. The summed E-state index contributed by atoms with van der Waals surface area (Å²) in [4.78, 5) is 16.6. The highest BCUT2D eigenvalue weighted by Gasteiger charge is 2.21. The molecule has 0 saturated heterocycles. The van der Waals surface area contributed by atoms with Crippen LogP contribution < -0.4 is 0 Å². The van der Waals surface area contributed by atoms with E-state index in [0.717, 1.165) is 27.8 Å². The standard InChI is InChI=1S/C24H24NO4P/c1-28-30(27,29-2)18-20-10-8-19(9-11-20)16-23(26)13-12-22-17-25-15-14-24(22)21-6-4-3-5-7-21/h3-15,17H,16,18H2,1-2H3/b13-12+. The molecule has 0 radical (unpaired) electrons. The predicted molar refractivity (Wildman–Crippen MR) is 119 cm³/mol. The monoisotopic (exact) mass is 421 g/mol. The lowest BCUT2D eigenvalue weighted by Crippen LogP contribution is -1.99. The molecule has 0 aliphatic carbocycles. The van der Waals surface area contributed by atoms with Gasteiger partial charge in [0.25, 0.3) is 0 Å². The van der Waals surface area contributed by atoms with E-state index in [-0.39, 0.29) is 18.4 Å². The SMILES string of the molecule is COP(=O)(Cc1ccc(CC(=O)/C=C/c2cnccc2-c2ccccc2)cc1)OC. The van der Waals surface area contributed by atoms with Crippen molar-refractivity contribution in [3.05, 3.63) is 95.8 Å². The minimum absolute atomic E-state index is 0.00919. The fourth-order valence-electron chi connectivity index (χ4n) is 3.05. The molecule has 0 aliphatic heterocycles. The molecule has 0 bridgehead atoms. The molecule has 30 heavy (non-hydrogen) atoms. The Labute approximate surface area is 176 Å². The molecule has 0 amide bonds. The number of carbonyl (C=O) groups excluding carboxylic acids is 1. The zero-order valence-electron chi connectivity index (χ0n) is 17.0. The zero-order valence-corrected chi connectivity index (χ0v) is 17.9. The summed E-state index contributed by atoms with van der Waals surface area (Å²) in [6.07, 6.45) is 7.36. The Morgan fingerprint density at radius 3 is 2.30 bits per heavy atom. The van der Waals surface area contributed by atoms with Gasteiger partial charge in [-0.25, -0.2) is 0 Å². The molecule has 1 heterocycles. The smallest absolute Gasteiger partial charge is 0.312 e. The van der Waals surface area contributed by atoms with Crippen molar-refractivity contribution in [2.75, 3.05) is 14.2 Å². The molecule has 154 valence electrons. The van der Waals surface area contributed by atoms with Gasteiger partial charge in [-0.3, -0.25) is 14.3 Å². The first-order valence-electron chi connectivity index (χ1n) is 9.52. The van der Waals surface area contributed by atoms with Crippen molar-refractivity contribution in [2.45, 2.75) is 12.6 Å². The molecule has 0 saturated carbocycles. The van der Waals surface area contributed by atoms with Gasteiger partial charge in [0, 0.05) is 38.6 Å². The maximum Gasteiger partial charge on any atom is 0.334 e. The normalized spacial score (nSPS) is 11.7. The van der Waals surface area contributed by atoms with Crippen LogP contribution in [-0.2, 0) is 31.0 Å². The second-order valence-electron chi connectivity index (χ2n) is 6.76. The summed E-state index contributed by atoms with van der Waals surface area (Å²) in [6.45, 7) is 0. The van der Waals surface area contributed by atoms with E-state index < -0.39 is 7.60 Å². The number of hydrogen-bond acceptors (Lipinski definition) is 5. The van der Waals surface area contributed by atoms with Crippen LogP contribution in [0.1, 0.15) is 16.7 Å². The summed E-state index contributed by atoms with van der Waals surface area (Å²) >= 11 is 0. The topological polar surface area (TPSA) is 65.5 Å². The van der Waals surface area contributed by atoms with Crippen LogP contribution in [0.25, 0.3) is 17.2 Å². The van der Waals surface area contributed by atoms with Crippen molar-refractivity contribution < 1.29 is 18.4 Å². The highest BCUT2D eigenvalue weighted by Crippen LogP contribution is 2.49. The number of ketones is 1. The number of nitrogens with zero attached hydrogens (tertiary/aromatic N) is 1. The second-order valence-corrected chi connectivity index (χ2v) is 9.02.